The van der Waals surface area contributed by atoms with E-state index in [4.69, 9.17) is 5.73 Å². The van der Waals surface area contributed by atoms with Crippen molar-refractivity contribution < 1.29 is 4.79 Å². The summed E-state index contributed by atoms with van der Waals surface area (Å²) in [5.41, 5.74) is 6.69. The molecule has 1 heterocycles. The van der Waals surface area contributed by atoms with Crippen LogP contribution in [0.5, 0.6) is 0 Å². The van der Waals surface area contributed by atoms with E-state index in [-0.39, 0.29) is 17.2 Å². The zero-order valence-electron chi connectivity index (χ0n) is 9.94. The van der Waals surface area contributed by atoms with Gasteiger partial charge in [0.1, 0.15) is 5.78 Å². The highest BCUT2D eigenvalue weighted by Gasteiger charge is 2.42. The fraction of sp³-hybridized carbons (Fsp3) is 0.667. The number of hydrogen-bond acceptors (Lipinski definition) is 3. The molecule has 16 heavy (non-hydrogen) atoms. The number of carbonyl (C=O) groups is 1. The average molecular weight is 221 g/mol. The topological polar surface area (TPSA) is 60.9 Å². The fourth-order valence-electron chi connectivity index (χ4n) is 2.49. The van der Waals surface area contributed by atoms with Gasteiger partial charge < -0.3 is 5.73 Å². The maximum absolute atomic E-state index is 12.2. The van der Waals surface area contributed by atoms with Gasteiger partial charge in [-0.2, -0.15) is 5.10 Å². The molecule has 0 aliphatic heterocycles. The van der Waals surface area contributed by atoms with Crippen molar-refractivity contribution >= 4 is 5.78 Å². The van der Waals surface area contributed by atoms with E-state index in [0.717, 1.165) is 24.8 Å². The van der Waals surface area contributed by atoms with Crippen molar-refractivity contribution in [2.24, 2.45) is 18.2 Å². The lowest BCUT2D eigenvalue weighted by atomic mass is 9.79. The molecule has 1 fully saturated rings. The highest BCUT2D eigenvalue weighted by atomic mass is 16.1. The number of nitrogens with zero attached hydrogens (tertiary/aromatic N) is 2. The highest BCUT2D eigenvalue weighted by Crippen LogP contribution is 2.38. The van der Waals surface area contributed by atoms with E-state index in [9.17, 15) is 4.79 Å². The van der Waals surface area contributed by atoms with E-state index in [1.54, 1.807) is 10.9 Å². The van der Waals surface area contributed by atoms with Gasteiger partial charge in [-0.3, -0.25) is 9.48 Å². The van der Waals surface area contributed by atoms with Crippen LogP contribution in [0.25, 0.3) is 0 Å². The van der Waals surface area contributed by atoms with Gasteiger partial charge in [-0.1, -0.05) is 13.3 Å². The first-order valence-corrected chi connectivity index (χ1v) is 5.79. The van der Waals surface area contributed by atoms with Crippen LogP contribution in [0.2, 0.25) is 0 Å². The van der Waals surface area contributed by atoms with E-state index in [1.807, 2.05) is 20.2 Å². The number of aryl methyl sites for hydroxylation is 1. The summed E-state index contributed by atoms with van der Waals surface area (Å²) in [7, 11) is 1.86. The summed E-state index contributed by atoms with van der Waals surface area (Å²) < 4.78 is 1.72. The Balaban J connectivity index is 2.08. The van der Waals surface area contributed by atoms with Crippen molar-refractivity contribution in [2.75, 3.05) is 0 Å². The lowest BCUT2D eigenvalue weighted by Gasteiger charge is -2.27. The van der Waals surface area contributed by atoms with Crippen LogP contribution in [0, 0.1) is 5.41 Å². The lowest BCUT2D eigenvalue weighted by Crippen LogP contribution is -2.41. The zero-order chi connectivity index (χ0) is 11.8. The SMILES string of the molecule is Cn1cc(CC(=O)C2(C)CCCC2N)cn1. The van der Waals surface area contributed by atoms with Gasteiger partial charge in [-0.25, -0.2) is 0 Å². The fourth-order valence-corrected chi connectivity index (χ4v) is 2.49. The summed E-state index contributed by atoms with van der Waals surface area (Å²) in [5.74, 6) is 0.255. The number of ketones is 1. The van der Waals surface area contributed by atoms with Gasteiger partial charge in [0.25, 0.3) is 0 Å². The molecule has 1 aliphatic carbocycles. The maximum atomic E-state index is 12.2. The van der Waals surface area contributed by atoms with Crippen molar-refractivity contribution in [2.45, 2.75) is 38.6 Å². The van der Waals surface area contributed by atoms with Crippen LogP contribution < -0.4 is 5.73 Å². The number of rotatable bonds is 3. The Bertz CT molecular complexity index is 399. The average Bonchev–Trinajstić information content (AvgIpc) is 2.76. The number of nitrogens with two attached hydrogens (primary N) is 1. The maximum Gasteiger partial charge on any atom is 0.144 e. The molecule has 2 rings (SSSR count). The van der Waals surface area contributed by atoms with Crippen LogP contribution >= 0.6 is 0 Å². The molecule has 0 radical (unpaired) electrons. The molecule has 4 nitrogen and oxygen atoms in total. The van der Waals surface area contributed by atoms with E-state index in [2.05, 4.69) is 5.10 Å². The molecule has 2 N–H and O–H groups in total. The van der Waals surface area contributed by atoms with Crippen molar-refractivity contribution in [3.8, 4) is 0 Å². The van der Waals surface area contributed by atoms with Gasteiger partial charge >= 0.3 is 0 Å². The molecule has 0 amide bonds. The number of aromatic nitrogens is 2. The van der Waals surface area contributed by atoms with Gasteiger partial charge in [-0.15, -0.1) is 0 Å². The Labute approximate surface area is 95.8 Å². The van der Waals surface area contributed by atoms with Crippen LogP contribution in [-0.4, -0.2) is 21.6 Å². The Morgan fingerprint density at radius 2 is 2.50 bits per heavy atom. The highest BCUT2D eigenvalue weighted by molar-refractivity contribution is 5.87. The van der Waals surface area contributed by atoms with Crippen LogP contribution in [0.1, 0.15) is 31.7 Å². The Morgan fingerprint density at radius 1 is 1.75 bits per heavy atom. The quantitative estimate of drug-likeness (QED) is 0.830. The van der Waals surface area contributed by atoms with Crippen LogP contribution in [-0.2, 0) is 18.3 Å². The standard InChI is InChI=1S/C12H19N3O/c1-12(5-3-4-10(12)13)11(16)6-9-7-14-15(2)8-9/h7-8,10H,3-6,13H2,1-2H3. The Kier molecular flexibility index (Phi) is 2.84. The van der Waals surface area contributed by atoms with E-state index in [0.29, 0.717) is 6.42 Å². The predicted molar refractivity (Wildman–Crippen MR) is 61.9 cm³/mol. The summed E-state index contributed by atoms with van der Waals surface area (Å²) in [4.78, 5) is 12.2. The molecule has 1 saturated carbocycles. The van der Waals surface area contributed by atoms with Crippen molar-refractivity contribution in [3.05, 3.63) is 18.0 Å². The Morgan fingerprint density at radius 3 is 3.00 bits per heavy atom. The molecule has 1 aromatic rings. The van der Waals surface area contributed by atoms with E-state index in [1.165, 1.54) is 0 Å². The first kappa shape index (κ1) is 11.3. The molecular weight excluding hydrogens is 202 g/mol. The van der Waals surface area contributed by atoms with Crippen molar-refractivity contribution in [1.82, 2.24) is 9.78 Å². The van der Waals surface area contributed by atoms with Crippen LogP contribution in [0.15, 0.2) is 12.4 Å². The summed E-state index contributed by atoms with van der Waals surface area (Å²) >= 11 is 0. The zero-order valence-corrected chi connectivity index (χ0v) is 9.94. The molecule has 0 saturated heterocycles. The number of carbonyl (C=O) groups excluding carboxylic acids is 1. The molecule has 1 aromatic heterocycles. The van der Waals surface area contributed by atoms with Crippen molar-refractivity contribution in [3.63, 3.8) is 0 Å². The second kappa shape index (κ2) is 4.01. The third kappa shape index (κ3) is 1.89. The second-order valence-corrected chi connectivity index (χ2v) is 5.04. The minimum atomic E-state index is -0.324. The van der Waals surface area contributed by atoms with E-state index >= 15 is 0 Å². The molecule has 0 bridgehead atoms. The first-order chi connectivity index (χ1) is 7.52. The van der Waals surface area contributed by atoms with Crippen LogP contribution in [0.4, 0.5) is 0 Å². The summed E-state index contributed by atoms with van der Waals surface area (Å²) in [6, 6.07) is 0.0247. The van der Waals surface area contributed by atoms with Crippen LogP contribution in [0.3, 0.4) is 0 Å². The molecule has 4 heteroatoms. The predicted octanol–water partition coefficient (Wildman–Crippen LogP) is 1.05. The van der Waals surface area contributed by atoms with Gasteiger partial charge in [0.2, 0.25) is 0 Å². The molecule has 0 spiro atoms. The lowest BCUT2D eigenvalue weighted by molar-refractivity contribution is -0.127. The van der Waals surface area contributed by atoms with Gasteiger partial charge in [0, 0.05) is 31.1 Å². The monoisotopic (exact) mass is 221 g/mol. The number of hydrogen-bond donors (Lipinski definition) is 1. The van der Waals surface area contributed by atoms with Crippen molar-refractivity contribution in [1.29, 1.82) is 0 Å². The summed E-state index contributed by atoms with van der Waals surface area (Å²) in [5, 5.41) is 4.07. The number of Topliss-reactive ketones (excluding diaryl/α,β-unsaturated/α-hetero) is 1. The third-order valence-electron chi connectivity index (χ3n) is 3.79. The summed E-state index contributed by atoms with van der Waals surface area (Å²) in [6.45, 7) is 2.00. The third-order valence-corrected chi connectivity index (χ3v) is 3.79. The van der Waals surface area contributed by atoms with Gasteiger partial charge in [0.05, 0.1) is 6.20 Å². The molecule has 1 aliphatic rings. The minimum Gasteiger partial charge on any atom is -0.327 e. The smallest absolute Gasteiger partial charge is 0.144 e. The van der Waals surface area contributed by atoms with Gasteiger partial charge in [-0.05, 0) is 18.4 Å². The molecule has 2 unspecified atom stereocenters. The molecule has 2 atom stereocenters. The van der Waals surface area contributed by atoms with E-state index < -0.39 is 0 Å². The normalized spacial score (nSPS) is 29.6. The Hall–Kier alpha value is -1.16. The minimum absolute atomic E-state index is 0.0247. The first-order valence-electron chi connectivity index (χ1n) is 5.79. The molecule has 88 valence electrons. The van der Waals surface area contributed by atoms with Gasteiger partial charge in [0.15, 0.2) is 0 Å². The molecular formula is C12H19N3O. The second-order valence-electron chi connectivity index (χ2n) is 5.04. The molecule has 0 aromatic carbocycles. The largest absolute Gasteiger partial charge is 0.327 e. The summed E-state index contributed by atoms with van der Waals surface area (Å²) in [6.07, 6.45) is 7.06.